The molecule has 1 rings (SSSR count). The second kappa shape index (κ2) is 8.88. The molecule has 106 valence electrons. The van der Waals surface area contributed by atoms with E-state index in [0.717, 1.165) is 25.7 Å². The van der Waals surface area contributed by atoms with E-state index in [9.17, 15) is 4.79 Å². The van der Waals surface area contributed by atoms with Gasteiger partial charge in [-0.05, 0) is 18.6 Å². The maximum atomic E-state index is 12.2. The van der Waals surface area contributed by atoms with Crippen LogP contribution in [-0.2, 0) is 0 Å². The van der Waals surface area contributed by atoms with Crippen molar-refractivity contribution in [2.24, 2.45) is 0 Å². The molecule has 0 radical (unpaired) electrons. The average Bonchev–Trinajstić information content (AvgIpc) is 2.41. The fourth-order valence-corrected chi connectivity index (χ4v) is 2.02. The fraction of sp³-hybridized carbons (Fsp3) is 0.571. The number of halogens is 1. The molecule has 4 nitrogen and oxygen atoms in total. The molecule has 0 bridgehead atoms. The van der Waals surface area contributed by atoms with Gasteiger partial charge in [-0.15, -0.1) is 0 Å². The molecule has 1 aromatic heterocycles. The maximum Gasteiger partial charge on any atom is 0.272 e. The van der Waals surface area contributed by atoms with Gasteiger partial charge < -0.3 is 10.0 Å². The fourth-order valence-electron chi connectivity index (χ4n) is 1.85. The van der Waals surface area contributed by atoms with E-state index in [2.05, 4.69) is 11.9 Å². The minimum Gasteiger partial charge on any atom is -0.395 e. The minimum absolute atomic E-state index is 0.0416. The van der Waals surface area contributed by atoms with Gasteiger partial charge in [-0.1, -0.05) is 43.9 Å². The van der Waals surface area contributed by atoms with Crippen molar-refractivity contribution < 1.29 is 9.90 Å². The van der Waals surface area contributed by atoms with Crippen molar-refractivity contribution >= 4 is 17.5 Å². The number of hydrogen-bond donors (Lipinski definition) is 1. The molecular weight excluding hydrogens is 264 g/mol. The second-order valence-electron chi connectivity index (χ2n) is 4.42. The van der Waals surface area contributed by atoms with Crippen LogP contribution in [0.5, 0.6) is 0 Å². The molecule has 0 aliphatic heterocycles. The number of aromatic nitrogens is 1. The molecule has 1 amide bonds. The lowest BCUT2D eigenvalue weighted by atomic mass is 10.2. The van der Waals surface area contributed by atoms with Crippen LogP contribution < -0.4 is 0 Å². The molecule has 1 heterocycles. The Balaban J connectivity index is 2.61. The molecule has 0 saturated carbocycles. The first-order valence-electron chi connectivity index (χ1n) is 6.71. The van der Waals surface area contributed by atoms with Gasteiger partial charge in [0, 0.05) is 13.1 Å². The van der Waals surface area contributed by atoms with Gasteiger partial charge in [0.05, 0.1) is 6.61 Å². The van der Waals surface area contributed by atoms with E-state index in [1.54, 1.807) is 23.1 Å². The molecule has 0 spiro atoms. The highest BCUT2D eigenvalue weighted by Gasteiger charge is 2.16. The first kappa shape index (κ1) is 15.9. The SMILES string of the molecule is CCCCCCN(CCO)C(=O)c1cccc(Cl)n1. The first-order valence-corrected chi connectivity index (χ1v) is 7.09. The van der Waals surface area contributed by atoms with E-state index in [1.807, 2.05) is 0 Å². The zero-order valence-corrected chi connectivity index (χ0v) is 12.1. The van der Waals surface area contributed by atoms with Crippen LogP contribution in [-0.4, -0.2) is 40.6 Å². The van der Waals surface area contributed by atoms with Gasteiger partial charge in [-0.3, -0.25) is 4.79 Å². The Bertz CT molecular complexity index is 399. The van der Waals surface area contributed by atoms with Crippen molar-refractivity contribution in [1.29, 1.82) is 0 Å². The van der Waals surface area contributed by atoms with E-state index in [-0.39, 0.29) is 12.5 Å². The molecule has 0 fully saturated rings. The van der Waals surface area contributed by atoms with Crippen LogP contribution >= 0.6 is 11.6 Å². The Labute approximate surface area is 119 Å². The Morgan fingerprint density at radius 3 is 2.74 bits per heavy atom. The van der Waals surface area contributed by atoms with E-state index in [4.69, 9.17) is 16.7 Å². The van der Waals surface area contributed by atoms with Gasteiger partial charge in [-0.2, -0.15) is 0 Å². The lowest BCUT2D eigenvalue weighted by Gasteiger charge is -2.21. The third-order valence-electron chi connectivity index (χ3n) is 2.87. The van der Waals surface area contributed by atoms with Gasteiger partial charge in [0.15, 0.2) is 0 Å². The first-order chi connectivity index (χ1) is 9.19. The summed E-state index contributed by atoms with van der Waals surface area (Å²) in [6.45, 7) is 3.08. The summed E-state index contributed by atoms with van der Waals surface area (Å²) >= 11 is 5.79. The van der Waals surface area contributed by atoms with Gasteiger partial charge in [0.1, 0.15) is 10.8 Å². The number of aliphatic hydroxyl groups excluding tert-OH is 1. The summed E-state index contributed by atoms with van der Waals surface area (Å²) in [5.74, 6) is -0.173. The number of unbranched alkanes of at least 4 members (excludes halogenated alkanes) is 3. The molecule has 1 N–H and O–H groups in total. The zero-order chi connectivity index (χ0) is 14.1. The van der Waals surface area contributed by atoms with Crippen molar-refractivity contribution in [3.63, 3.8) is 0 Å². The summed E-state index contributed by atoms with van der Waals surface area (Å²) in [4.78, 5) is 17.9. The number of carbonyl (C=O) groups is 1. The minimum atomic E-state index is -0.173. The number of aliphatic hydroxyl groups is 1. The van der Waals surface area contributed by atoms with Crippen LogP contribution in [0.3, 0.4) is 0 Å². The van der Waals surface area contributed by atoms with Crippen molar-refractivity contribution in [3.05, 3.63) is 29.0 Å². The molecule has 19 heavy (non-hydrogen) atoms. The Hall–Kier alpha value is -1.13. The molecule has 5 heteroatoms. The third-order valence-corrected chi connectivity index (χ3v) is 3.08. The predicted molar refractivity (Wildman–Crippen MR) is 76.4 cm³/mol. The normalized spacial score (nSPS) is 10.5. The number of hydrogen-bond acceptors (Lipinski definition) is 3. The largest absolute Gasteiger partial charge is 0.395 e. The van der Waals surface area contributed by atoms with Crippen molar-refractivity contribution in [1.82, 2.24) is 9.88 Å². The molecule has 0 aliphatic rings. The van der Waals surface area contributed by atoms with Crippen LogP contribution in [0, 0.1) is 0 Å². The van der Waals surface area contributed by atoms with Gasteiger partial charge in [-0.25, -0.2) is 4.98 Å². The summed E-state index contributed by atoms with van der Waals surface area (Å²) < 4.78 is 0. The number of nitrogens with zero attached hydrogens (tertiary/aromatic N) is 2. The van der Waals surface area contributed by atoms with Crippen LogP contribution in [0.1, 0.15) is 43.1 Å². The third kappa shape index (κ3) is 5.57. The van der Waals surface area contributed by atoms with Crippen LogP contribution in [0.2, 0.25) is 5.15 Å². The Morgan fingerprint density at radius 2 is 2.11 bits per heavy atom. The lowest BCUT2D eigenvalue weighted by molar-refractivity contribution is 0.0712. The predicted octanol–water partition coefficient (Wildman–Crippen LogP) is 2.75. The van der Waals surface area contributed by atoms with Gasteiger partial charge in [0.2, 0.25) is 0 Å². The van der Waals surface area contributed by atoms with Crippen LogP contribution in [0.25, 0.3) is 0 Å². The molecule has 0 aliphatic carbocycles. The maximum absolute atomic E-state index is 12.2. The van der Waals surface area contributed by atoms with E-state index in [0.29, 0.717) is 23.9 Å². The number of carbonyl (C=O) groups excluding carboxylic acids is 1. The Morgan fingerprint density at radius 1 is 1.32 bits per heavy atom. The molecule has 0 saturated heterocycles. The number of rotatable bonds is 8. The zero-order valence-electron chi connectivity index (χ0n) is 11.3. The second-order valence-corrected chi connectivity index (χ2v) is 4.81. The summed E-state index contributed by atoms with van der Waals surface area (Å²) in [6, 6.07) is 4.98. The summed E-state index contributed by atoms with van der Waals surface area (Å²) in [5.41, 5.74) is 0.330. The van der Waals surface area contributed by atoms with Gasteiger partial charge >= 0.3 is 0 Å². The molecule has 0 aromatic carbocycles. The van der Waals surface area contributed by atoms with Crippen LogP contribution in [0.4, 0.5) is 0 Å². The Kier molecular flexibility index (Phi) is 7.45. The molecule has 1 aromatic rings. The summed E-state index contributed by atoms with van der Waals surface area (Å²) in [6.07, 6.45) is 4.36. The van der Waals surface area contributed by atoms with Crippen LogP contribution in [0.15, 0.2) is 18.2 Å². The number of amides is 1. The summed E-state index contributed by atoms with van der Waals surface area (Å²) in [5, 5.41) is 9.36. The van der Waals surface area contributed by atoms with Gasteiger partial charge in [0.25, 0.3) is 5.91 Å². The van der Waals surface area contributed by atoms with E-state index < -0.39 is 0 Å². The standard InChI is InChI=1S/C14H21ClN2O2/c1-2-3-4-5-9-17(10-11-18)14(19)12-7-6-8-13(15)16-12/h6-8,18H,2-5,9-11H2,1H3. The van der Waals surface area contributed by atoms with Crippen molar-refractivity contribution in [3.8, 4) is 0 Å². The quantitative estimate of drug-likeness (QED) is 0.590. The highest BCUT2D eigenvalue weighted by molar-refractivity contribution is 6.29. The highest BCUT2D eigenvalue weighted by Crippen LogP contribution is 2.09. The lowest BCUT2D eigenvalue weighted by Crippen LogP contribution is -2.35. The highest BCUT2D eigenvalue weighted by atomic mass is 35.5. The van der Waals surface area contributed by atoms with Crippen molar-refractivity contribution in [2.75, 3.05) is 19.7 Å². The molecular formula is C14H21ClN2O2. The topological polar surface area (TPSA) is 53.4 Å². The number of pyridine rings is 1. The monoisotopic (exact) mass is 284 g/mol. The van der Waals surface area contributed by atoms with Crippen molar-refractivity contribution in [2.45, 2.75) is 32.6 Å². The summed E-state index contributed by atoms with van der Waals surface area (Å²) in [7, 11) is 0. The average molecular weight is 285 g/mol. The molecule has 0 atom stereocenters. The smallest absolute Gasteiger partial charge is 0.272 e. The van der Waals surface area contributed by atoms with E-state index in [1.165, 1.54) is 0 Å². The van der Waals surface area contributed by atoms with E-state index >= 15 is 0 Å². The molecule has 0 unspecified atom stereocenters.